The molecule has 0 aromatic heterocycles. The Bertz CT molecular complexity index is 659. The molecule has 0 aliphatic heterocycles. The van der Waals surface area contributed by atoms with Crippen LogP contribution in [0.1, 0.15) is 24.0 Å². The summed E-state index contributed by atoms with van der Waals surface area (Å²) in [6.07, 6.45) is 3.39. The molecule has 5 N–H and O–H groups in total. The summed E-state index contributed by atoms with van der Waals surface area (Å²) in [5.41, 5.74) is 14.1. The Labute approximate surface area is 149 Å². The highest BCUT2D eigenvalue weighted by Crippen LogP contribution is 2.22. The number of rotatable bonds is 10. The van der Waals surface area contributed by atoms with Crippen LogP contribution in [0.2, 0.25) is 0 Å². The molecular formula is C20H27N3O2. The molecular weight excluding hydrogens is 314 g/mol. The molecule has 0 saturated heterocycles. The number of carbonyl (C=O) groups excluding carboxylic acids is 1. The van der Waals surface area contributed by atoms with Gasteiger partial charge in [-0.15, -0.1) is 0 Å². The van der Waals surface area contributed by atoms with E-state index >= 15 is 0 Å². The highest BCUT2D eigenvalue weighted by atomic mass is 16.5. The first kappa shape index (κ1) is 18.8. The third-order valence-electron chi connectivity index (χ3n) is 3.87. The number of nitrogens with two attached hydrogens (primary N) is 2. The number of ether oxygens (including phenoxy) is 1. The molecule has 0 atom stereocenters. The summed E-state index contributed by atoms with van der Waals surface area (Å²) >= 11 is 0. The maximum Gasteiger partial charge on any atom is 0.224 e. The minimum atomic E-state index is 0.00902. The fourth-order valence-corrected chi connectivity index (χ4v) is 2.58. The van der Waals surface area contributed by atoms with E-state index in [0.717, 1.165) is 24.8 Å². The van der Waals surface area contributed by atoms with Gasteiger partial charge in [-0.25, -0.2) is 0 Å². The molecule has 134 valence electrons. The Morgan fingerprint density at radius 3 is 2.56 bits per heavy atom. The van der Waals surface area contributed by atoms with Crippen LogP contribution in [-0.2, 0) is 17.6 Å². The van der Waals surface area contributed by atoms with Crippen molar-refractivity contribution in [3.8, 4) is 5.75 Å². The van der Waals surface area contributed by atoms with Gasteiger partial charge in [-0.1, -0.05) is 36.4 Å². The second-order valence-electron chi connectivity index (χ2n) is 5.98. The lowest BCUT2D eigenvalue weighted by Crippen LogP contribution is -2.26. The van der Waals surface area contributed by atoms with E-state index in [0.29, 0.717) is 37.6 Å². The topological polar surface area (TPSA) is 90.4 Å². The van der Waals surface area contributed by atoms with Crippen molar-refractivity contribution in [2.75, 3.05) is 25.4 Å². The number of unbranched alkanes of at least 4 members (excludes halogenated alkanes) is 1. The van der Waals surface area contributed by atoms with E-state index in [2.05, 4.69) is 29.6 Å². The molecule has 0 saturated carbocycles. The van der Waals surface area contributed by atoms with Crippen LogP contribution in [-0.4, -0.2) is 25.6 Å². The summed E-state index contributed by atoms with van der Waals surface area (Å²) in [6, 6.07) is 15.8. The van der Waals surface area contributed by atoms with Gasteiger partial charge in [0.25, 0.3) is 0 Å². The van der Waals surface area contributed by atoms with Crippen LogP contribution in [0.4, 0.5) is 5.69 Å². The van der Waals surface area contributed by atoms with Crippen molar-refractivity contribution in [3.05, 3.63) is 59.7 Å². The number of aryl methyl sites for hydroxylation is 1. The lowest BCUT2D eigenvalue weighted by molar-refractivity contribution is -0.120. The van der Waals surface area contributed by atoms with Gasteiger partial charge >= 0.3 is 0 Å². The highest BCUT2D eigenvalue weighted by molar-refractivity contribution is 5.79. The molecule has 2 aromatic carbocycles. The molecule has 0 fully saturated rings. The van der Waals surface area contributed by atoms with Gasteiger partial charge in [0.15, 0.2) is 0 Å². The van der Waals surface area contributed by atoms with Gasteiger partial charge in [0.2, 0.25) is 5.91 Å². The molecule has 5 heteroatoms. The standard InChI is InChI=1S/C20H27N3O2/c21-11-13-25-19-10-9-17(14-18(19)22)15-20(24)23-12-5-4-8-16-6-2-1-3-7-16/h1-3,6-7,9-10,14H,4-5,8,11-13,15,21-22H2,(H,23,24). The number of benzene rings is 2. The van der Waals surface area contributed by atoms with Crippen molar-refractivity contribution in [2.45, 2.75) is 25.7 Å². The van der Waals surface area contributed by atoms with Crippen molar-refractivity contribution in [2.24, 2.45) is 5.73 Å². The average Bonchev–Trinajstić information content (AvgIpc) is 2.61. The first-order chi connectivity index (χ1) is 12.2. The van der Waals surface area contributed by atoms with Crippen molar-refractivity contribution >= 4 is 11.6 Å². The van der Waals surface area contributed by atoms with Crippen LogP contribution in [0.3, 0.4) is 0 Å². The van der Waals surface area contributed by atoms with Gasteiger partial charge in [0.05, 0.1) is 12.1 Å². The molecule has 0 heterocycles. The number of anilines is 1. The average molecular weight is 341 g/mol. The molecule has 0 unspecified atom stereocenters. The predicted octanol–water partition coefficient (Wildman–Crippen LogP) is 2.29. The Morgan fingerprint density at radius 2 is 1.84 bits per heavy atom. The van der Waals surface area contributed by atoms with Crippen molar-refractivity contribution in [1.82, 2.24) is 5.32 Å². The van der Waals surface area contributed by atoms with Crippen LogP contribution in [0.5, 0.6) is 5.75 Å². The smallest absolute Gasteiger partial charge is 0.224 e. The summed E-state index contributed by atoms with van der Waals surface area (Å²) in [5, 5.41) is 2.96. The van der Waals surface area contributed by atoms with Gasteiger partial charge in [0, 0.05) is 13.1 Å². The minimum absolute atomic E-state index is 0.00902. The maximum absolute atomic E-state index is 12.0. The fourth-order valence-electron chi connectivity index (χ4n) is 2.58. The Kier molecular flexibility index (Phi) is 7.79. The molecule has 2 rings (SSSR count). The van der Waals surface area contributed by atoms with E-state index in [1.54, 1.807) is 12.1 Å². The third kappa shape index (κ3) is 6.85. The zero-order valence-electron chi connectivity index (χ0n) is 14.5. The molecule has 1 amide bonds. The van der Waals surface area contributed by atoms with Gasteiger partial charge in [-0.2, -0.15) is 0 Å². The Balaban J connectivity index is 1.67. The number of nitrogens with one attached hydrogen (secondary N) is 1. The Morgan fingerprint density at radius 1 is 1.04 bits per heavy atom. The zero-order chi connectivity index (χ0) is 17.9. The van der Waals surface area contributed by atoms with Gasteiger partial charge in [0.1, 0.15) is 12.4 Å². The molecule has 2 aromatic rings. The van der Waals surface area contributed by atoms with E-state index in [1.807, 2.05) is 12.1 Å². The van der Waals surface area contributed by atoms with E-state index in [4.69, 9.17) is 16.2 Å². The molecule has 5 nitrogen and oxygen atoms in total. The number of hydrogen-bond donors (Lipinski definition) is 3. The monoisotopic (exact) mass is 341 g/mol. The molecule has 0 radical (unpaired) electrons. The Hall–Kier alpha value is -2.53. The SMILES string of the molecule is NCCOc1ccc(CC(=O)NCCCCc2ccccc2)cc1N. The highest BCUT2D eigenvalue weighted by Gasteiger charge is 2.06. The maximum atomic E-state index is 12.0. The quantitative estimate of drug-likeness (QED) is 0.457. The summed E-state index contributed by atoms with van der Waals surface area (Å²) in [4.78, 5) is 12.0. The van der Waals surface area contributed by atoms with Gasteiger partial charge in [-0.05, 0) is 42.5 Å². The molecule has 0 spiro atoms. The van der Waals surface area contributed by atoms with Crippen molar-refractivity contribution < 1.29 is 9.53 Å². The third-order valence-corrected chi connectivity index (χ3v) is 3.87. The molecule has 0 bridgehead atoms. The molecule has 0 aliphatic rings. The second kappa shape index (κ2) is 10.4. The van der Waals surface area contributed by atoms with Crippen LogP contribution in [0.15, 0.2) is 48.5 Å². The van der Waals surface area contributed by atoms with Crippen LogP contribution < -0.4 is 21.5 Å². The minimum Gasteiger partial charge on any atom is -0.490 e. The van der Waals surface area contributed by atoms with Crippen LogP contribution in [0.25, 0.3) is 0 Å². The normalized spacial score (nSPS) is 10.4. The van der Waals surface area contributed by atoms with E-state index < -0.39 is 0 Å². The zero-order valence-corrected chi connectivity index (χ0v) is 14.5. The van der Waals surface area contributed by atoms with E-state index in [-0.39, 0.29) is 5.91 Å². The van der Waals surface area contributed by atoms with Crippen LogP contribution >= 0.6 is 0 Å². The number of nitrogen functional groups attached to an aromatic ring is 1. The van der Waals surface area contributed by atoms with E-state index in [9.17, 15) is 4.79 Å². The largest absolute Gasteiger partial charge is 0.490 e. The van der Waals surface area contributed by atoms with Crippen molar-refractivity contribution in [1.29, 1.82) is 0 Å². The van der Waals surface area contributed by atoms with Crippen molar-refractivity contribution in [3.63, 3.8) is 0 Å². The summed E-state index contributed by atoms with van der Waals surface area (Å²) in [6.45, 7) is 1.56. The molecule has 25 heavy (non-hydrogen) atoms. The summed E-state index contributed by atoms with van der Waals surface area (Å²) in [7, 11) is 0. The number of carbonyl (C=O) groups is 1. The first-order valence-corrected chi connectivity index (χ1v) is 8.71. The number of hydrogen-bond acceptors (Lipinski definition) is 4. The lowest BCUT2D eigenvalue weighted by Gasteiger charge is -2.10. The lowest BCUT2D eigenvalue weighted by atomic mass is 10.1. The van der Waals surface area contributed by atoms with Gasteiger partial charge in [-0.3, -0.25) is 4.79 Å². The summed E-state index contributed by atoms with van der Waals surface area (Å²) < 4.78 is 5.42. The second-order valence-corrected chi connectivity index (χ2v) is 5.98. The summed E-state index contributed by atoms with van der Waals surface area (Å²) in [5.74, 6) is 0.616. The van der Waals surface area contributed by atoms with E-state index in [1.165, 1.54) is 5.56 Å². The first-order valence-electron chi connectivity index (χ1n) is 8.71. The van der Waals surface area contributed by atoms with Gasteiger partial charge < -0.3 is 21.5 Å². The fraction of sp³-hybridized carbons (Fsp3) is 0.350. The predicted molar refractivity (Wildman–Crippen MR) is 101 cm³/mol. The number of amides is 1. The van der Waals surface area contributed by atoms with Crippen LogP contribution in [0, 0.1) is 0 Å². The molecule has 0 aliphatic carbocycles.